The molecular formula is C19H23NO. The van der Waals surface area contributed by atoms with Gasteiger partial charge in [-0.1, -0.05) is 61.5 Å². The standard InChI is InChI=1S/C19H23NO/c1-14-13-21-19(12-20-15(14)2)18-10-8-17(9-11-18)16-6-4-3-5-7-16/h3-11,14-15,19-20H,12-13H2,1-2H3. The molecule has 2 nitrogen and oxygen atoms in total. The highest BCUT2D eigenvalue weighted by molar-refractivity contribution is 5.63. The van der Waals surface area contributed by atoms with Crippen LogP contribution in [0.1, 0.15) is 25.5 Å². The molecule has 1 N–H and O–H groups in total. The molecule has 1 fully saturated rings. The maximum atomic E-state index is 6.05. The highest BCUT2D eigenvalue weighted by atomic mass is 16.5. The minimum atomic E-state index is 0.155. The zero-order valence-corrected chi connectivity index (χ0v) is 12.8. The molecule has 0 saturated carbocycles. The molecule has 0 bridgehead atoms. The molecule has 1 saturated heterocycles. The second kappa shape index (κ2) is 6.42. The fourth-order valence-electron chi connectivity index (χ4n) is 2.70. The molecule has 0 radical (unpaired) electrons. The highest BCUT2D eigenvalue weighted by Crippen LogP contribution is 2.25. The third-order valence-corrected chi connectivity index (χ3v) is 4.43. The van der Waals surface area contributed by atoms with Gasteiger partial charge in [0.15, 0.2) is 0 Å². The number of rotatable bonds is 2. The Labute approximate surface area is 127 Å². The van der Waals surface area contributed by atoms with E-state index >= 15 is 0 Å². The van der Waals surface area contributed by atoms with Crippen molar-refractivity contribution in [3.8, 4) is 11.1 Å². The van der Waals surface area contributed by atoms with Gasteiger partial charge in [-0.15, -0.1) is 0 Å². The molecular weight excluding hydrogens is 258 g/mol. The van der Waals surface area contributed by atoms with Gasteiger partial charge in [-0.2, -0.15) is 0 Å². The van der Waals surface area contributed by atoms with E-state index in [2.05, 4.69) is 67.7 Å². The summed E-state index contributed by atoms with van der Waals surface area (Å²) < 4.78 is 6.05. The first-order valence-corrected chi connectivity index (χ1v) is 7.74. The van der Waals surface area contributed by atoms with Crippen molar-refractivity contribution in [2.75, 3.05) is 13.2 Å². The molecule has 1 heterocycles. The zero-order valence-electron chi connectivity index (χ0n) is 12.8. The van der Waals surface area contributed by atoms with Crippen LogP contribution >= 0.6 is 0 Å². The molecule has 21 heavy (non-hydrogen) atoms. The van der Waals surface area contributed by atoms with Crippen molar-refractivity contribution in [1.82, 2.24) is 5.32 Å². The first kappa shape index (κ1) is 14.3. The van der Waals surface area contributed by atoms with Gasteiger partial charge < -0.3 is 10.1 Å². The Bertz CT molecular complexity index is 552. The Morgan fingerprint density at radius 2 is 1.57 bits per heavy atom. The van der Waals surface area contributed by atoms with Crippen LogP contribution < -0.4 is 5.32 Å². The average Bonchev–Trinajstić information content (AvgIpc) is 2.71. The van der Waals surface area contributed by atoms with Crippen LogP contribution in [0.5, 0.6) is 0 Å². The molecule has 2 heteroatoms. The lowest BCUT2D eigenvalue weighted by atomic mass is 10.0. The quantitative estimate of drug-likeness (QED) is 0.897. The summed E-state index contributed by atoms with van der Waals surface area (Å²) in [5, 5.41) is 3.56. The number of benzene rings is 2. The van der Waals surface area contributed by atoms with Crippen molar-refractivity contribution >= 4 is 0 Å². The van der Waals surface area contributed by atoms with E-state index in [1.165, 1.54) is 16.7 Å². The molecule has 2 aromatic carbocycles. The van der Waals surface area contributed by atoms with Gasteiger partial charge in [-0.05, 0) is 29.5 Å². The Morgan fingerprint density at radius 1 is 0.905 bits per heavy atom. The van der Waals surface area contributed by atoms with E-state index in [0.29, 0.717) is 12.0 Å². The number of hydrogen-bond donors (Lipinski definition) is 1. The molecule has 0 amide bonds. The Morgan fingerprint density at radius 3 is 2.29 bits per heavy atom. The van der Waals surface area contributed by atoms with Crippen LogP contribution in [0.3, 0.4) is 0 Å². The summed E-state index contributed by atoms with van der Waals surface area (Å²) >= 11 is 0. The van der Waals surface area contributed by atoms with Crippen LogP contribution in [0.25, 0.3) is 11.1 Å². The predicted octanol–water partition coefficient (Wildman–Crippen LogP) is 4.04. The fraction of sp³-hybridized carbons (Fsp3) is 0.368. The van der Waals surface area contributed by atoms with E-state index in [1.807, 2.05) is 6.07 Å². The summed E-state index contributed by atoms with van der Waals surface area (Å²) in [6.45, 7) is 6.17. The molecule has 0 aromatic heterocycles. The summed E-state index contributed by atoms with van der Waals surface area (Å²) in [4.78, 5) is 0. The second-order valence-electron chi connectivity index (χ2n) is 5.98. The normalized spacial score (nSPS) is 26.3. The van der Waals surface area contributed by atoms with Gasteiger partial charge >= 0.3 is 0 Å². The second-order valence-corrected chi connectivity index (χ2v) is 5.98. The molecule has 0 spiro atoms. The smallest absolute Gasteiger partial charge is 0.0949 e. The Kier molecular flexibility index (Phi) is 4.37. The minimum Gasteiger partial charge on any atom is -0.372 e. The molecule has 110 valence electrons. The zero-order chi connectivity index (χ0) is 14.7. The van der Waals surface area contributed by atoms with Gasteiger partial charge in [0.1, 0.15) is 0 Å². The number of hydrogen-bond acceptors (Lipinski definition) is 2. The summed E-state index contributed by atoms with van der Waals surface area (Å²) in [5.74, 6) is 0.554. The van der Waals surface area contributed by atoms with Gasteiger partial charge in [-0.3, -0.25) is 0 Å². The van der Waals surface area contributed by atoms with Gasteiger partial charge in [0.2, 0.25) is 0 Å². The fourth-order valence-corrected chi connectivity index (χ4v) is 2.70. The van der Waals surface area contributed by atoms with Crippen LogP contribution in [0.2, 0.25) is 0 Å². The van der Waals surface area contributed by atoms with Crippen LogP contribution in [-0.4, -0.2) is 19.2 Å². The lowest BCUT2D eigenvalue weighted by Gasteiger charge is -2.16. The lowest BCUT2D eigenvalue weighted by Crippen LogP contribution is -2.32. The summed E-state index contributed by atoms with van der Waals surface area (Å²) in [6.07, 6.45) is 0.155. The third kappa shape index (κ3) is 3.34. The first-order valence-electron chi connectivity index (χ1n) is 7.74. The van der Waals surface area contributed by atoms with Crippen LogP contribution in [0, 0.1) is 5.92 Å². The van der Waals surface area contributed by atoms with E-state index in [0.717, 1.165) is 13.2 Å². The topological polar surface area (TPSA) is 21.3 Å². The maximum absolute atomic E-state index is 6.05. The first-order chi connectivity index (χ1) is 10.2. The number of nitrogens with one attached hydrogen (secondary N) is 1. The van der Waals surface area contributed by atoms with E-state index in [4.69, 9.17) is 4.74 Å². The summed E-state index contributed by atoms with van der Waals surface area (Å²) in [6, 6.07) is 19.7. The van der Waals surface area contributed by atoms with E-state index in [1.54, 1.807) is 0 Å². The minimum absolute atomic E-state index is 0.155. The van der Waals surface area contributed by atoms with Crippen LogP contribution in [0.15, 0.2) is 54.6 Å². The number of ether oxygens (including phenoxy) is 1. The van der Waals surface area contributed by atoms with Crippen molar-refractivity contribution < 1.29 is 4.74 Å². The molecule has 1 aliphatic rings. The van der Waals surface area contributed by atoms with Gasteiger partial charge in [0.25, 0.3) is 0 Å². The van der Waals surface area contributed by atoms with Crippen molar-refractivity contribution in [2.45, 2.75) is 26.0 Å². The predicted molar refractivity (Wildman–Crippen MR) is 87.2 cm³/mol. The van der Waals surface area contributed by atoms with Gasteiger partial charge in [0.05, 0.1) is 12.7 Å². The van der Waals surface area contributed by atoms with Crippen LogP contribution in [0.4, 0.5) is 0 Å². The molecule has 1 aliphatic heterocycles. The van der Waals surface area contributed by atoms with Gasteiger partial charge in [-0.25, -0.2) is 0 Å². The van der Waals surface area contributed by atoms with E-state index in [-0.39, 0.29) is 6.10 Å². The van der Waals surface area contributed by atoms with Gasteiger partial charge in [0, 0.05) is 12.6 Å². The van der Waals surface area contributed by atoms with Crippen molar-refractivity contribution in [1.29, 1.82) is 0 Å². The Hall–Kier alpha value is -1.64. The molecule has 2 aromatic rings. The maximum Gasteiger partial charge on any atom is 0.0949 e. The Balaban J connectivity index is 1.75. The molecule has 0 aliphatic carbocycles. The summed E-state index contributed by atoms with van der Waals surface area (Å²) in [5.41, 5.74) is 3.76. The van der Waals surface area contributed by atoms with Crippen molar-refractivity contribution in [2.24, 2.45) is 5.92 Å². The monoisotopic (exact) mass is 281 g/mol. The summed E-state index contributed by atoms with van der Waals surface area (Å²) in [7, 11) is 0. The molecule has 3 atom stereocenters. The molecule has 3 rings (SSSR count). The largest absolute Gasteiger partial charge is 0.372 e. The van der Waals surface area contributed by atoms with Crippen molar-refractivity contribution in [3.63, 3.8) is 0 Å². The molecule has 3 unspecified atom stereocenters. The third-order valence-electron chi connectivity index (χ3n) is 4.43. The van der Waals surface area contributed by atoms with Crippen LogP contribution in [-0.2, 0) is 4.74 Å². The van der Waals surface area contributed by atoms with E-state index in [9.17, 15) is 0 Å². The van der Waals surface area contributed by atoms with E-state index < -0.39 is 0 Å². The SMILES string of the molecule is CC1COC(c2ccc(-c3ccccc3)cc2)CNC1C. The highest BCUT2D eigenvalue weighted by Gasteiger charge is 2.22. The lowest BCUT2D eigenvalue weighted by molar-refractivity contribution is 0.0496. The van der Waals surface area contributed by atoms with Crippen molar-refractivity contribution in [3.05, 3.63) is 60.2 Å². The average molecular weight is 281 g/mol.